The van der Waals surface area contributed by atoms with Crippen molar-refractivity contribution in [1.29, 1.82) is 0 Å². The Morgan fingerprint density at radius 1 is 1.67 bits per heavy atom. The van der Waals surface area contributed by atoms with Crippen LogP contribution in [0.15, 0.2) is 0 Å². The maximum Gasteiger partial charge on any atom is 0.305 e. The van der Waals surface area contributed by atoms with Crippen LogP contribution in [0.2, 0.25) is 0 Å². The molecule has 1 rings (SSSR count). The summed E-state index contributed by atoms with van der Waals surface area (Å²) in [5.41, 5.74) is 0. The molecule has 0 aromatic rings. The second kappa shape index (κ2) is 3.67. The molecular formula is C8H12O4. The molecule has 0 spiro atoms. The van der Waals surface area contributed by atoms with Gasteiger partial charge in [-0.3, -0.25) is 9.59 Å². The first kappa shape index (κ1) is 9.19. The molecule has 0 bridgehead atoms. The van der Waals surface area contributed by atoms with Gasteiger partial charge in [-0.25, -0.2) is 0 Å². The Kier molecular flexibility index (Phi) is 2.81. The zero-order chi connectivity index (χ0) is 9.14. The highest BCUT2D eigenvalue weighted by molar-refractivity contribution is 5.80. The third-order valence-corrected chi connectivity index (χ3v) is 1.80. The number of ketones is 1. The molecule has 0 aliphatic carbocycles. The Balaban J connectivity index is 2.44. The van der Waals surface area contributed by atoms with Gasteiger partial charge in [0, 0.05) is 12.8 Å². The molecule has 0 radical (unpaired) electrons. The maximum atomic E-state index is 11.0. The summed E-state index contributed by atoms with van der Waals surface area (Å²) in [5, 5.41) is 8.45. The van der Waals surface area contributed by atoms with Crippen molar-refractivity contribution in [2.75, 3.05) is 0 Å². The fourth-order valence-electron chi connectivity index (χ4n) is 1.40. The zero-order valence-electron chi connectivity index (χ0n) is 6.95. The molecule has 0 aromatic heterocycles. The Morgan fingerprint density at radius 2 is 2.33 bits per heavy atom. The molecule has 68 valence electrons. The molecule has 12 heavy (non-hydrogen) atoms. The van der Waals surface area contributed by atoms with E-state index in [1.807, 2.05) is 0 Å². The molecule has 4 nitrogen and oxygen atoms in total. The summed E-state index contributed by atoms with van der Waals surface area (Å²) < 4.78 is 5.27. The lowest BCUT2D eigenvalue weighted by Crippen LogP contribution is -2.32. The van der Waals surface area contributed by atoms with E-state index in [1.165, 1.54) is 0 Å². The Bertz CT molecular complexity index is 197. The summed E-state index contributed by atoms with van der Waals surface area (Å²) >= 11 is 0. The number of carboxylic acid groups (broad SMARTS) is 1. The van der Waals surface area contributed by atoms with Gasteiger partial charge >= 0.3 is 5.97 Å². The molecule has 0 aromatic carbocycles. The van der Waals surface area contributed by atoms with Gasteiger partial charge < -0.3 is 9.84 Å². The number of rotatable bonds is 2. The van der Waals surface area contributed by atoms with Gasteiger partial charge in [0.15, 0.2) is 0 Å². The predicted octanol–water partition coefficient (Wildman–Crippen LogP) is 0.598. The van der Waals surface area contributed by atoms with Crippen molar-refractivity contribution < 1.29 is 19.4 Å². The monoisotopic (exact) mass is 172 g/mol. The number of Topliss-reactive ketones (excluding diaryl/α,β-unsaturated/α-hetero) is 1. The normalized spacial score (nSPS) is 30.2. The van der Waals surface area contributed by atoms with Gasteiger partial charge in [-0.15, -0.1) is 0 Å². The highest BCUT2D eigenvalue weighted by atomic mass is 16.5. The van der Waals surface area contributed by atoms with E-state index in [-0.39, 0.29) is 24.7 Å². The fraction of sp³-hybridized carbons (Fsp3) is 0.750. The van der Waals surface area contributed by atoms with Gasteiger partial charge in [-0.1, -0.05) is 0 Å². The van der Waals surface area contributed by atoms with E-state index >= 15 is 0 Å². The van der Waals surface area contributed by atoms with E-state index in [9.17, 15) is 9.59 Å². The van der Waals surface area contributed by atoms with Gasteiger partial charge in [0.2, 0.25) is 0 Å². The van der Waals surface area contributed by atoms with Crippen LogP contribution in [0.3, 0.4) is 0 Å². The van der Waals surface area contributed by atoms with Crippen molar-refractivity contribution >= 4 is 11.8 Å². The highest BCUT2D eigenvalue weighted by Gasteiger charge is 2.26. The van der Waals surface area contributed by atoms with E-state index in [2.05, 4.69) is 0 Å². The zero-order valence-corrected chi connectivity index (χ0v) is 6.95. The summed E-state index contributed by atoms with van der Waals surface area (Å²) in [7, 11) is 0. The number of carbonyl (C=O) groups is 2. The number of hydrogen-bond acceptors (Lipinski definition) is 3. The number of aliphatic carboxylic acids is 1. The van der Waals surface area contributed by atoms with Crippen LogP contribution in [0.1, 0.15) is 26.2 Å². The average Bonchev–Trinajstić information content (AvgIpc) is 1.81. The Hall–Kier alpha value is -0.900. The van der Waals surface area contributed by atoms with Crippen LogP contribution in [0, 0.1) is 0 Å². The summed E-state index contributed by atoms with van der Waals surface area (Å²) in [6, 6.07) is 0. The maximum absolute atomic E-state index is 11.0. The Morgan fingerprint density at radius 3 is 2.83 bits per heavy atom. The summed E-state index contributed by atoms with van der Waals surface area (Å²) in [6.45, 7) is 1.78. The molecule has 1 fully saturated rings. The largest absolute Gasteiger partial charge is 0.481 e. The lowest BCUT2D eigenvalue weighted by atomic mass is 10.0. The van der Waals surface area contributed by atoms with Crippen molar-refractivity contribution in [3.8, 4) is 0 Å². The van der Waals surface area contributed by atoms with E-state index in [0.717, 1.165) is 0 Å². The standard InChI is InChI=1S/C8H12O4/c1-5-2-6(9)3-7(12-5)4-8(10)11/h5,7H,2-4H2,1H3,(H,10,11). The quantitative estimate of drug-likeness (QED) is 0.662. The summed E-state index contributed by atoms with van der Waals surface area (Å²) in [4.78, 5) is 21.3. The molecule has 1 aliphatic rings. The van der Waals surface area contributed by atoms with Crippen LogP contribution < -0.4 is 0 Å². The molecule has 1 saturated heterocycles. The molecular weight excluding hydrogens is 160 g/mol. The van der Waals surface area contributed by atoms with Gasteiger partial charge in [0.25, 0.3) is 0 Å². The van der Waals surface area contributed by atoms with Gasteiger partial charge in [-0.05, 0) is 6.92 Å². The SMILES string of the molecule is CC1CC(=O)CC(CC(=O)O)O1. The van der Waals surface area contributed by atoms with Crippen molar-refractivity contribution in [3.05, 3.63) is 0 Å². The predicted molar refractivity (Wildman–Crippen MR) is 40.8 cm³/mol. The molecule has 1 aliphatic heterocycles. The van der Waals surface area contributed by atoms with Crippen LogP contribution in [0.4, 0.5) is 0 Å². The van der Waals surface area contributed by atoms with E-state index in [0.29, 0.717) is 6.42 Å². The third kappa shape index (κ3) is 2.62. The van der Waals surface area contributed by atoms with E-state index < -0.39 is 12.1 Å². The minimum absolute atomic E-state index is 0.0733. The van der Waals surface area contributed by atoms with Gasteiger partial charge in [0.1, 0.15) is 5.78 Å². The van der Waals surface area contributed by atoms with Crippen LogP contribution in [0.25, 0.3) is 0 Å². The molecule has 2 atom stereocenters. The Labute approximate surface area is 70.5 Å². The van der Waals surface area contributed by atoms with Crippen LogP contribution in [-0.2, 0) is 14.3 Å². The summed E-state index contributed by atoms with van der Waals surface area (Å²) in [6.07, 6.45) is 0.0393. The van der Waals surface area contributed by atoms with Crippen molar-refractivity contribution in [3.63, 3.8) is 0 Å². The smallest absolute Gasteiger partial charge is 0.305 e. The van der Waals surface area contributed by atoms with E-state index in [1.54, 1.807) is 6.92 Å². The second-order valence-corrected chi connectivity index (χ2v) is 3.11. The van der Waals surface area contributed by atoms with Crippen LogP contribution in [-0.4, -0.2) is 29.1 Å². The summed E-state index contributed by atoms with van der Waals surface area (Å²) in [5.74, 6) is -0.818. The third-order valence-electron chi connectivity index (χ3n) is 1.80. The van der Waals surface area contributed by atoms with Crippen molar-refractivity contribution in [2.45, 2.75) is 38.4 Å². The highest BCUT2D eigenvalue weighted by Crippen LogP contribution is 2.17. The fourth-order valence-corrected chi connectivity index (χ4v) is 1.40. The first-order chi connectivity index (χ1) is 5.58. The molecule has 1 N–H and O–H groups in total. The number of hydrogen-bond donors (Lipinski definition) is 1. The first-order valence-electron chi connectivity index (χ1n) is 3.97. The number of ether oxygens (including phenoxy) is 1. The topological polar surface area (TPSA) is 63.6 Å². The molecule has 2 unspecified atom stereocenters. The van der Waals surface area contributed by atoms with E-state index in [4.69, 9.17) is 9.84 Å². The molecule has 4 heteroatoms. The van der Waals surface area contributed by atoms with Crippen LogP contribution >= 0.6 is 0 Å². The van der Waals surface area contributed by atoms with Crippen molar-refractivity contribution in [1.82, 2.24) is 0 Å². The number of carbonyl (C=O) groups excluding carboxylic acids is 1. The molecule has 0 saturated carbocycles. The number of carboxylic acids is 1. The minimum Gasteiger partial charge on any atom is -0.481 e. The van der Waals surface area contributed by atoms with Gasteiger partial charge in [-0.2, -0.15) is 0 Å². The first-order valence-corrected chi connectivity index (χ1v) is 3.97. The molecule has 1 heterocycles. The molecule has 0 amide bonds. The van der Waals surface area contributed by atoms with Crippen molar-refractivity contribution in [2.24, 2.45) is 0 Å². The lowest BCUT2D eigenvalue weighted by molar-refractivity contribution is -0.146. The van der Waals surface area contributed by atoms with Crippen LogP contribution in [0.5, 0.6) is 0 Å². The minimum atomic E-state index is -0.915. The second-order valence-electron chi connectivity index (χ2n) is 3.11. The average molecular weight is 172 g/mol. The lowest BCUT2D eigenvalue weighted by Gasteiger charge is -2.25. The van der Waals surface area contributed by atoms with Gasteiger partial charge in [0.05, 0.1) is 18.6 Å².